The van der Waals surface area contributed by atoms with Crippen molar-refractivity contribution in [3.8, 4) is 33.4 Å². The van der Waals surface area contributed by atoms with Crippen molar-refractivity contribution >= 4 is 86.4 Å². The Labute approximate surface area is 322 Å². The number of rotatable bonds is 3. The molecule has 0 atom stereocenters. The van der Waals surface area contributed by atoms with Crippen LogP contribution in [-0.4, -0.2) is 9.97 Å². The molecule has 12 aromatic rings. The van der Waals surface area contributed by atoms with Gasteiger partial charge in [-0.2, -0.15) is 0 Å². The van der Waals surface area contributed by atoms with E-state index in [9.17, 15) is 0 Å². The Morgan fingerprint density at radius 1 is 0.250 bits per heavy atom. The van der Waals surface area contributed by atoms with E-state index in [1.54, 1.807) is 0 Å². The summed E-state index contributed by atoms with van der Waals surface area (Å²) in [6.45, 7) is 0. The highest BCUT2D eigenvalue weighted by Crippen LogP contribution is 2.45. The molecule has 2 nitrogen and oxygen atoms in total. The van der Waals surface area contributed by atoms with E-state index < -0.39 is 0 Å². The number of hydrogen-bond acceptors (Lipinski definition) is 2. The van der Waals surface area contributed by atoms with Gasteiger partial charge in [0.1, 0.15) is 0 Å². The molecule has 12 rings (SSSR count). The van der Waals surface area contributed by atoms with E-state index in [2.05, 4.69) is 170 Å². The largest absolute Gasteiger partial charge is 0.254 e. The highest BCUT2D eigenvalue weighted by atomic mass is 14.7. The van der Waals surface area contributed by atoms with Gasteiger partial charge in [-0.05, 0) is 122 Å². The van der Waals surface area contributed by atoms with Crippen LogP contribution in [0.5, 0.6) is 0 Å². The molecule has 0 radical (unpaired) electrons. The Kier molecular flexibility index (Phi) is 6.66. The zero-order valence-corrected chi connectivity index (χ0v) is 30.4. The van der Waals surface area contributed by atoms with E-state index in [4.69, 9.17) is 9.97 Å². The fourth-order valence-electron chi connectivity index (χ4n) is 9.46. The number of aromatic nitrogens is 2. The van der Waals surface area contributed by atoms with E-state index in [1.807, 2.05) is 24.5 Å². The van der Waals surface area contributed by atoms with Crippen LogP contribution in [0.25, 0.3) is 120 Å². The molecule has 0 bridgehead atoms. The molecule has 0 spiro atoms. The van der Waals surface area contributed by atoms with Crippen molar-refractivity contribution < 1.29 is 0 Å². The lowest BCUT2D eigenvalue weighted by Crippen LogP contribution is -1.91. The normalized spacial score (nSPS) is 11.9. The fourth-order valence-corrected chi connectivity index (χ4v) is 9.46. The second-order valence-corrected chi connectivity index (χ2v) is 14.8. The molecule has 0 N–H and O–H groups in total. The molecule has 2 aromatic heterocycles. The number of hydrogen-bond donors (Lipinski definition) is 0. The minimum absolute atomic E-state index is 0.931. The molecular formula is C54H32N2. The molecule has 0 aliphatic rings. The summed E-state index contributed by atoms with van der Waals surface area (Å²) >= 11 is 0. The van der Waals surface area contributed by atoms with Crippen molar-refractivity contribution in [3.05, 3.63) is 194 Å². The lowest BCUT2D eigenvalue weighted by molar-refractivity contribution is 1.37. The zero-order chi connectivity index (χ0) is 36.7. The highest BCUT2D eigenvalue weighted by Gasteiger charge is 2.18. The van der Waals surface area contributed by atoms with Gasteiger partial charge in [0.25, 0.3) is 0 Å². The summed E-state index contributed by atoms with van der Waals surface area (Å²) in [6, 6.07) is 66.9. The molecule has 0 fully saturated rings. The van der Waals surface area contributed by atoms with E-state index in [1.165, 1.54) is 98.0 Å². The molecule has 258 valence electrons. The van der Waals surface area contributed by atoms with E-state index in [0.717, 1.165) is 21.8 Å². The van der Waals surface area contributed by atoms with Crippen molar-refractivity contribution in [2.45, 2.75) is 0 Å². The molecule has 2 heteroatoms. The minimum Gasteiger partial charge on any atom is -0.254 e. The second-order valence-electron chi connectivity index (χ2n) is 14.8. The van der Waals surface area contributed by atoms with Crippen molar-refractivity contribution in [1.29, 1.82) is 0 Å². The monoisotopic (exact) mass is 708 g/mol. The SMILES string of the molecule is c1cnc2c(c1)cc(-c1ccc(-c3ccc(-c4cc5cccc6c7ccccc7c7ccccc7c7cccc4c7c56)cc3)c3ccccc13)c1cccnc12. The first-order chi connectivity index (χ1) is 27.8. The molecule has 0 amide bonds. The molecule has 0 aliphatic carbocycles. The van der Waals surface area contributed by atoms with Crippen molar-refractivity contribution in [2.75, 3.05) is 0 Å². The van der Waals surface area contributed by atoms with Crippen LogP contribution < -0.4 is 0 Å². The number of pyridine rings is 2. The average Bonchev–Trinajstić information content (AvgIpc) is 3.27. The third-order valence-electron chi connectivity index (χ3n) is 11.9. The summed E-state index contributed by atoms with van der Waals surface area (Å²) in [6.07, 6.45) is 3.71. The Balaban J connectivity index is 1.05. The first-order valence-corrected chi connectivity index (χ1v) is 19.2. The molecular weight excluding hydrogens is 677 g/mol. The van der Waals surface area contributed by atoms with Gasteiger partial charge in [-0.3, -0.25) is 9.97 Å². The van der Waals surface area contributed by atoms with Crippen molar-refractivity contribution in [3.63, 3.8) is 0 Å². The van der Waals surface area contributed by atoms with Gasteiger partial charge < -0.3 is 0 Å². The topological polar surface area (TPSA) is 25.8 Å². The standard InChI is InChI=1S/C54H32N2/c1-2-14-39-38(13-1)37(27-28-44(39)50-32-36-12-9-29-55-53(36)54-48(50)22-10-30-56-54)33-23-25-34(26-24-33)49-31-35-11-7-19-45-42-17-5-3-15-40(42)41-16-4-6-18-43(41)46-20-8-21-47(49)52(46)51(35)45/h1-32H. The van der Waals surface area contributed by atoms with Crippen molar-refractivity contribution in [2.24, 2.45) is 0 Å². The summed E-state index contributed by atoms with van der Waals surface area (Å²) in [4.78, 5) is 9.48. The van der Waals surface area contributed by atoms with Crippen LogP contribution in [0.3, 0.4) is 0 Å². The van der Waals surface area contributed by atoms with Crippen LogP contribution in [0, 0.1) is 0 Å². The molecule has 0 unspecified atom stereocenters. The van der Waals surface area contributed by atoms with Gasteiger partial charge in [0.05, 0.1) is 11.0 Å². The Morgan fingerprint density at radius 2 is 0.714 bits per heavy atom. The van der Waals surface area contributed by atoms with Gasteiger partial charge in [-0.1, -0.05) is 158 Å². The van der Waals surface area contributed by atoms with Gasteiger partial charge in [0.15, 0.2) is 0 Å². The average molecular weight is 709 g/mol. The Hall–Kier alpha value is -7.42. The minimum atomic E-state index is 0.931. The van der Waals surface area contributed by atoms with Crippen LogP contribution in [0.4, 0.5) is 0 Å². The lowest BCUT2D eigenvalue weighted by atomic mass is 9.86. The molecule has 0 saturated carbocycles. The smallest absolute Gasteiger partial charge is 0.0970 e. The van der Waals surface area contributed by atoms with Gasteiger partial charge in [-0.15, -0.1) is 0 Å². The van der Waals surface area contributed by atoms with Crippen molar-refractivity contribution in [1.82, 2.24) is 9.97 Å². The molecule has 10 aromatic carbocycles. The maximum Gasteiger partial charge on any atom is 0.0970 e. The van der Waals surface area contributed by atoms with Crippen LogP contribution in [0.1, 0.15) is 0 Å². The lowest BCUT2D eigenvalue weighted by Gasteiger charge is -2.17. The Bertz CT molecular complexity index is 3580. The third kappa shape index (κ3) is 4.50. The third-order valence-corrected chi connectivity index (χ3v) is 11.9. The van der Waals surface area contributed by atoms with Crippen LogP contribution in [0.15, 0.2) is 194 Å². The van der Waals surface area contributed by atoms with E-state index >= 15 is 0 Å². The number of fused-ring (bicyclic) bond motifs is 9. The second kappa shape index (κ2) is 12.0. The molecule has 0 saturated heterocycles. The van der Waals surface area contributed by atoms with Crippen LogP contribution in [-0.2, 0) is 0 Å². The maximum absolute atomic E-state index is 4.79. The number of benzene rings is 9. The first-order valence-electron chi connectivity index (χ1n) is 19.2. The highest BCUT2D eigenvalue weighted by molar-refractivity contribution is 6.34. The van der Waals surface area contributed by atoms with Gasteiger partial charge in [0, 0.05) is 23.2 Å². The predicted octanol–water partition coefficient (Wildman–Crippen LogP) is 14.7. The molecule has 2 heterocycles. The molecule has 56 heavy (non-hydrogen) atoms. The first kappa shape index (κ1) is 31.0. The summed E-state index contributed by atoms with van der Waals surface area (Å²) in [5.41, 5.74) is 9.09. The van der Waals surface area contributed by atoms with Crippen LogP contribution >= 0.6 is 0 Å². The quantitative estimate of drug-likeness (QED) is 0.171. The summed E-state index contributed by atoms with van der Waals surface area (Å²) in [7, 11) is 0. The van der Waals surface area contributed by atoms with Gasteiger partial charge >= 0.3 is 0 Å². The van der Waals surface area contributed by atoms with E-state index in [0.29, 0.717) is 0 Å². The van der Waals surface area contributed by atoms with Gasteiger partial charge in [0.2, 0.25) is 0 Å². The number of nitrogens with zero attached hydrogens (tertiary/aromatic N) is 2. The molecule has 0 aliphatic heterocycles. The summed E-state index contributed by atoms with van der Waals surface area (Å²) in [5.74, 6) is 0. The Morgan fingerprint density at radius 3 is 1.43 bits per heavy atom. The zero-order valence-electron chi connectivity index (χ0n) is 30.4. The maximum atomic E-state index is 4.79. The summed E-state index contributed by atoms with van der Waals surface area (Å²) in [5, 5.41) is 17.5. The van der Waals surface area contributed by atoms with Gasteiger partial charge in [-0.25, -0.2) is 0 Å². The predicted molar refractivity (Wildman–Crippen MR) is 238 cm³/mol. The summed E-state index contributed by atoms with van der Waals surface area (Å²) < 4.78 is 0. The van der Waals surface area contributed by atoms with Crippen LogP contribution in [0.2, 0.25) is 0 Å². The fraction of sp³-hybridized carbons (Fsp3) is 0. The van der Waals surface area contributed by atoms with E-state index in [-0.39, 0.29) is 0 Å².